The van der Waals surface area contributed by atoms with E-state index >= 15 is 0 Å². The molecular formula is C9H15N5. The van der Waals surface area contributed by atoms with E-state index in [0.717, 1.165) is 12.4 Å². The zero-order valence-corrected chi connectivity index (χ0v) is 8.80. The molecule has 14 heavy (non-hydrogen) atoms. The maximum atomic E-state index is 8.56. The molecule has 0 aliphatic heterocycles. The number of aromatic nitrogens is 3. The van der Waals surface area contributed by atoms with Gasteiger partial charge in [-0.15, -0.1) is 0 Å². The molecule has 5 heteroatoms. The summed E-state index contributed by atoms with van der Waals surface area (Å²) in [6.45, 7) is 2.75. The molecule has 0 aliphatic carbocycles. The molecule has 0 N–H and O–H groups in total. The fourth-order valence-corrected chi connectivity index (χ4v) is 1.13. The summed E-state index contributed by atoms with van der Waals surface area (Å²) in [5.41, 5.74) is 0. The summed E-state index contributed by atoms with van der Waals surface area (Å²) in [7, 11) is 3.85. The van der Waals surface area contributed by atoms with Crippen molar-refractivity contribution in [1.29, 1.82) is 5.26 Å². The lowest BCUT2D eigenvalue weighted by Gasteiger charge is -2.21. The third kappa shape index (κ3) is 2.54. The van der Waals surface area contributed by atoms with Gasteiger partial charge in [0.05, 0.1) is 19.0 Å². The molecule has 0 fully saturated rings. The third-order valence-corrected chi connectivity index (χ3v) is 2.34. The highest BCUT2D eigenvalue weighted by Crippen LogP contribution is 2.04. The minimum Gasteiger partial charge on any atom is -0.295 e. The Kier molecular flexibility index (Phi) is 3.60. The van der Waals surface area contributed by atoms with Gasteiger partial charge in [-0.05, 0) is 14.0 Å². The van der Waals surface area contributed by atoms with Gasteiger partial charge in [0.2, 0.25) is 0 Å². The molecule has 1 unspecified atom stereocenters. The summed E-state index contributed by atoms with van der Waals surface area (Å²) >= 11 is 0. The molecule has 0 aromatic carbocycles. The van der Waals surface area contributed by atoms with E-state index in [0.29, 0.717) is 6.42 Å². The van der Waals surface area contributed by atoms with Gasteiger partial charge in [-0.25, -0.2) is 4.98 Å². The van der Waals surface area contributed by atoms with Crippen molar-refractivity contribution in [2.45, 2.75) is 25.9 Å². The van der Waals surface area contributed by atoms with E-state index in [9.17, 15) is 0 Å². The van der Waals surface area contributed by atoms with E-state index in [4.69, 9.17) is 5.26 Å². The predicted molar refractivity (Wildman–Crippen MR) is 52.2 cm³/mol. The minimum atomic E-state index is 0.247. The average molecular weight is 193 g/mol. The molecule has 0 amide bonds. The van der Waals surface area contributed by atoms with Crippen LogP contribution in [0.25, 0.3) is 0 Å². The van der Waals surface area contributed by atoms with E-state index in [1.54, 1.807) is 4.68 Å². The molecule has 76 valence electrons. The van der Waals surface area contributed by atoms with Gasteiger partial charge in [-0.1, -0.05) is 0 Å². The predicted octanol–water partition coefficient (Wildman–Crippen LogP) is 0.549. The van der Waals surface area contributed by atoms with Gasteiger partial charge in [0, 0.05) is 13.1 Å². The van der Waals surface area contributed by atoms with Crippen molar-refractivity contribution in [1.82, 2.24) is 19.7 Å². The molecule has 1 atom stereocenters. The summed E-state index contributed by atoms with van der Waals surface area (Å²) in [6.07, 6.45) is 2.08. The van der Waals surface area contributed by atoms with Crippen LogP contribution in [0.3, 0.4) is 0 Å². The number of hydrogen-bond donors (Lipinski definition) is 0. The number of aryl methyl sites for hydroxylation is 1. The molecule has 0 saturated carbocycles. The number of rotatable bonds is 4. The van der Waals surface area contributed by atoms with Crippen molar-refractivity contribution in [3.05, 3.63) is 12.2 Å². The molecular weight excluding hydrogens is 178 g/mol. The summed E-state index contributed by atoms with van der Waals surface area (Å²) in [6, 6.07) is 2.41. The highest BCUT2D eigenvalue weighted by Gasteiger charge is 2.11. The van der Waals surface area contributed by atoms with Gasteiger partial charge < -0.3 is 0 Å². The van der Waals surface area contributed by atoms with Gasteiger partial charge >= 0.3 is 0 Å². The maximum Gasteiger partial charge on any atom is 0.140 e. The monoisotopic (exact) mass is 193 g/mol. The van der Waals surface area contributed by atoms with E-state index in [1.807, 2.05) is 21.0 Å². The Bertz CT molecular complexity index is 324. The lowest BCUT2D eigenvalue weighted by atomic mass is 10.2. The fraction of sp³-hybridized carbons (Fsp3) is 0.667. The van der Waals surface area contributed by atoms with E-state index < -0.39 is 0 Å². The van der Waals surface area contributed by atoms with Crippen LogP contribution in [-0.4, -0.2) is 32.8 Å². The van der Waals surface area contributed by atoms with Crippen molar-refractivity contribution >= 4 is 0 Å². The second kappa shape index (κ2) is 4.72. The Labute approximate surface area is 84.0 Å². The zero-order chi connectivity index (χ0) is 10.6. The van der Waals surface area contributed by atoms with Crippen molar-refractivity contribution in [2.24, 2.45) is 7.05 Å². The van der Waals surface area contributed by atoms with Crippen LogP contribution < -0.4 is 0 Å². The largest absolute Gasteiger partial charge is 0.295 e. The molecule has 1 rings (SSSR count). The van der Waals surface area contributed by atoms with Gasteiger partial charge in [-0.3, -0.25) is 9.58 Å². The first-order valence-corrected chi connectivity index (χ1v) is 4.55. The quantitative estimate of drug-likeness (QED) is 0.700. The highest BCUT2D eigenvalue weighted by atomic mass is 15.3. The Morgan fingerprint density at radius 2 is 2.43 bits per heavy atom. The molecule has 1 aromatic heterocycles. The summed E-state index contributed by atoms with van der Waals surface area (Å²) in [5.74, 6) is 0.914. The number of nitrogens with zero attached hydrogens (tertiary/aromatic N) is 5. The molecule has 5 nitrogen and oxygen atoms in total. The third-order valence-electron chi connectivity index (χ3n) is 2.34. The van der Waals surface area contributed by atoms with Crippen LogP contribution in [0.2, 0.25) is 0 Å². The lowest BCUT2D eigenvalue weighted by Crippen LogP contribution is -2.29. The molecule has 0 radical (unpaired) electrons. The molecule has 0 aliphatic rings. The maximum absolute atomic E-state index is 8.56. The van der Waals surface area contributed by atoms with E-state index in [2.05, 4.69) is 21.1 Å². The first kappa shape index (κ1) is 10.7. The van der Waals surface area contributed by atoms with Crippen molar-refractivity contribution in [2.75, 3.05) is 7.05 Å². The Hall–Kier alpha value is -1.41. The second-order valence-electron chi connectivity index (χ2n) is 3.43. The molecule has 1 heterocycles. The van der Waals surface area contributed by atoms with Crippen LogP contribution in [0.5, 0.6) is 0 Å². The zero-order valence-electron chi connectivity index (χ0n) is 8.80. The topological polar surface area (TPSA) is 57.7 Å². The van der Waals surface area contributed by atoms with Crippen LogP contribution in [0.15, 0.2) is 6.33 Å². The van der Waals surface area contributed by atoms with Crippen LogP contribution in [0, 0.1) is 11.3 Å². The molecule has 1 aromatic rings. The SMILES string of the molecule is CC(CC#N)N(C)Cc1ncnn1C. The standard InChI is InChI=1S/C9H15N5/c1-8(4-5-10)13(2)6-9-11-7-12-14(9)3/h7-8H,4,6H2,1-3H3. The molecule has 0 bridgehead atoms. The number of nitriles is 1. The van der Waals surface area contributed by atoms with Crippen LogP contribution >= 0.6 is 0 Å². The van der Waals surface area contributed by atoms with Crippen LogP contribution in [0.1, 0.15) is 19.2 Å². The minimum absolute atomic E-state index is 0.247. The summed E-state index contributed by atoms with van der Waals surface area (Å²) in [4.78, 5) is 6.22. The summed E-state index contributed by atoms with van der Waals surface area (Å²) < 4.78 is 1.75. The van der Waals surface area contributed by atoms with Crippen molar-refractivity contribution < 1.29 is 0 Å². The first-order valence-electron chi connectivity index (χ1n) is 4.55. The molecule has 0 spiro atoms. The second-order valence-corrected chi connectivity index (χ2v) is 3.43. The smallest absolute Gasteiger partial charge is 0.140 e. The number of hydrogen-bond acceptors (Lipinski definition) is 4. The van der Waals surface area contributed by atoms with Crippen LogP contribution in [-0.2, 0) is 13.6 Å². The van der Waals surface area contributed by atoms with Gasteiger partial charge in [0.25, 0.3) is 0 Å². The molecule has 0 saturated heterocycles. The van der Waals surface area contributed by atoms with Gasteiger partial charge in [-0.2, -0.15) is 10.4 Å². The first-order chi connectivity index (χ1) is 6.65. The normalized spacial score (nSPS) is 12.8. The Morgan fingerprint density at radius 3 is 2.93 bits per heavy atom. The van der Waals surface area contributed by atoms with Crippen molar-refractivity contribution in [3.8, 4) is 6.07 Å². The lowest BCUT2D eigenvalue weighted by molar-refractivity contribution is 0.243. The van der Waals surface area contributed by atoms with Crippen LogP contribution in [0.4, 0.5) is 0 Å². The van der Waals surface area contributed by atoms with Gasteiger partial charge in [0.15, 0.2) is 0 Å². The van der Waals surface area contributed by atoms with Gasteiger partial charge in [0.1, 0.15) is 12.2 Å². The highest BCUT2D eigenvalue weighted by molar-refractivity contribution is 4.86. The Morgan fingerprint density at radius 1 is 1.71 bits per heavy atom. The fourth-order valence-electron chi connectivity index (χ4n) is 1.13. The van der Waals surface area contributed by atoms with E-state index in [-0.39, 0.29) is 6.04 Å². The summed E-state index contributed by atoms with van der Waals surface area (Å²) in [5, 5.41) is 12.5. The van der Waals surface area contributed by atoms with E-state index in [1.165, 1.54) is 6.33 Å². The Balaban J connectivity index is 2.53. The van der Waals surface area contributed by atoms with Crippen molar-refractivity contribution in [3.63, 3.8) is 0 Å². The average Bonchev–Trinajstić information content (AvgIpc) is 2.52.